The maximum atomic E-state index is 5.40. The zero-order valence-corrected chi connectivity index (χ0v) is 7.17. The van der Waals surface area contributed by atoms with Crippen LogP contribution in [0.5, 0.6) is 0 Å². The molecule has 2 aromatic heterocycles. The molecule has 62 valence electrons. The Kier molecular flexibility index (Phi) is 1.93. The summed E-state index contributed by atoms with van der Waals surface area (Å²) in [6, 6.07) is 5.68. The zero-order chi connectivity index (χ0) is 8.39. The van der Waals surface area contributed by atoms with E-state index in [0.717, 1.165) is 17.2 Å². The number of rotatable bonds is 2. The Hall–Kier alpha value is -1.13. The number of aromatic nitrogens is 1. The van der Waals surface area contributed by atoms with E-state index in [1.807, 2.05) is 23.6 Å². The van der Waals surface area contributed by atoms with Gasteiger partial charge in [0.1, 0.15) is 11.5 Å². The summed E-state index contributed by atoms with van der Waals surface area (Å²) in [5.74, 6) is 1.58. The van der Waals surface area contributed by atoms with Crippen molar-refractivity contribution in [3.63, 3.8) is 0 Å². The SMILES string of the molecule is NCc1ccc(-c2ccsn2)o1. The molecular weight excluding hydrogens is 172 g/mol. The summed E-state index contributed by atoms with van der Waals surface area (Å²) in [7, 11) is 0. The fraction of sp³-hybridized carbons (Fsp3) is 0.125. The molecule has 12 heavy (non-hydrogen) atoms. The van der Waals surface area contributed by atoms with Crippen LogP contribution in [-0.2, 0) is 6.54 Å². The Bertz CT molecular complexity index is 353. The molecule has 0 aliphatic heterocycles. The number of nitrogens with two attached hydrogens (primary N) is 1. The molecule has 0 aromatic carbocycles. The van der Waals surface area contributed by atoms with E-state index in [9.17, 15) is 0 Å². The van der Waals surface area contributed by atoms with Gasteiger partial charge in [-0.15, -0.1) is 0 Å². The number of hydrogen-bond acceptors (Lipinski definition) is 4. The summed E-state index contributed by atoms with van der Waals surface area (Å²) in [6.07, 6.45) is 0. The fourth-order valence-corrected chi connectivity index (χ4v) is 1.48. The molecule has 0 atom stereocenters. The largest absolute Gasteiger partial charge is 0.458 e. The molecule has 2 rings (SSSR count). The molecule has 0 aliphatic rings. The van der Waals surface area contributed by atoms with Crippen molar-refractivity contribution in [1.82, 2.24) is 4.37 Å². The molecule has 3 nitrogen and oxygen atoms in total. The summed E-state index contributed by atoms with van der Waals surface area (Å²) in [5, 5.41) is 1.92. The van der Waals surface area contributed by atoms with Gasteiger partial charge in [0.2, 0.25) is 0 Å². The first-order chi connectivity index (χ1) is 5.90. The maximum absolute atomic E-state index is 5.40. The topological polar surface area (TPSA) is 52.0 Å². The van der Waals surface area contributed by atoms with E-state index in [1.165, 1.54) is 11.5 Å². The summed E-state index contributed by atoms with van der Waals surface area (Å²) < 4.78 is 9.54. The van der Waals surface area contributed by atoms with Gasteiger partial charge in [0, 0.05) is 5.38 Å². The third kappa shape index (κ3) is 1.26. The van der Waals surface area contributed by atoms with Gasteiger partial charge in [-0.25, -0.2) is 0 Å². The highest BCUT2D eigenvalue weighted by Crippen LogP contribution is 2.20. The molecule has 2 aromatic rings. The molecule has 0 fully saturated rings. The first-order valence-electron chi connectivity index (χ1n) is 3.59. The van der Waals surface area contributed by atoms with Crippen molar-refractivity contribution in [2.75, 3.05) is 0 Å². The van der Waals surface area contributed by atoms with Crippen LogP contribution in [-0.4, -0.2) is 4.37 Å². The van der Waals surface area contributed by atoms with Crippen LogP contribution >= 0.6 is 11.5 Å². The molecule has 0 radical (unpaired) electrons. The number of nitrogens with zero attached hydrogens (tertiary/aromatic N) is 1. The molecule has 0 spiro atoms. The van der Waals surface area contributed by atoms with Gasteiger partial charge in [0.05, 0.1) is 6.54 Å². The van der Waals surface area contributed by atoms with Crippen LogP contribution in [0.4, 0.5) is 0 Å². The van der Waals surface area contributed by atoms with Crippen LogP contribution in [0, 0.1) is 0 Å². The number of hydrogen-bond donors (Lipinski definition) is 1. The van der Waals surface area contributed by atoms with Gasteiger partial charge in [-0.05, 0) is 29.7 Å². The van der Waals surface area contributed by atoms with E-state index in [4.69, 9.17) is 10.2 Å². The van der Waals surface area contributed by atoms with Gasteiger partial charge in [0.25, 0.3) is 0 Å². The second-order valence-electron chi connectivity index (χ2n) is 2.35. The monoisotopic (exact) mass is 180 g/mol. The van der Waals surface area contributed by atoms with E-state index in [-0.39, 0.29) is 0 Å². The Labute approximate surface area is 74.0 Å². The van der Waals surface area contributed by atoms with Crippen LogP contribution in [0.2, 0.25) is 0 Å². The van der Waals surface area contributed by atoms with E-state index in [1.54, 1.807) is 0 Å². The third-order valence-corrected chi connectivity index (χ3v) is 2.11. The van der Waals surface area contributed by atoms with E-state index in [0.29, 0.717) is 6.54 Å². The molecule has 0 aliphatic carbocycles. The average Bonchev–Trinajstić information content (AvgIpc) is 2.75. The first-order valence-corrected chi connectivity index (χ1v) is 4.43. The predicted molar refractivity (Wildman–Crippen MR) is 47.7 cm³/mol. The van der Waals surface area contributed by atoms with Crippen LogP contribution in [0.25, 0.3) is 11.5 Å². The zero-order valence-electron chi connectivity index (χ0n) is 6.36. The van der Waals surface area contributed by atoms with Gasteiger partial charge in [-0.1, -0.05) is 0 Å². The highest BCUT2D eigenvalue weighted by molar-refractivity contribution is 7.03. The highest BCUT2D eigenvalue weighted by Gasteiger charge is 2.04. The Morgan fingerprint density at radius 2 is 2.33 bits per heavy atom. The van der Waals surface area contributed by atoms with Gasteiger partial charge >= 0.3 is 0 Å². The van der Waals surface area contributed by atoms with Gasteiger partial charge in [-0.3, -0.25) is 0 Å². The van der Waals surface area contributed by atoms with Crippen molar-refractivity contribution in [3.05, 3.63) is 29.3 Å². The fourth-order valence-electron chi connectivity index (χ4n) is 0.965. The lowest BCUT2D eigenvalue weighted by atomic mass is 10.3. The van der Waals surface area contributed by atoms with E-state index >= 15 is 0 Å². The van der Waals surface area contributed by atoms with Crippen molar-refractivity contribution in [2.24, 2.45) is 5.73 Å². The van der Waals surface area contributed by atoms with Crippen molar-refractivity contribution in [1.29, 1.82) is 0 Å². The Morgan fingerprint density at radius 1 is 1.42 bits per heavy atom. The minimum absolute atomic E-state index is 0.435. The first kappa shape index (κ1) is 7.52. The second-order valence-corrected chi connectivity index (χ2v) is 3.02. The van der Waals surface area contributed by atoms with Crippen LogP contribution < -0.4 is 5.73 Å². The molecule has 0 bridgehead atoms. The van der Waals surface area contributed by atoms with Gasteiger partial charge in [-0.2, -0.15) is 4.37 Å². The minimum Gasteiger partial charge on any atom is -0.458 e. The van der Waals surface area contributed by atoms with Crippen molar-refractivity contribution in [2.45, 2.75) is 6.54 Å². The molecule has 0 saturated carbocycles. The molecule has 2 N–H and O–H groups in total. The molecule has 0 unspecified atom stereocenters. The molecular formula is C8H8N2OS. The molecule has 4 heteroatoms. The van der Waals surface area contributed by atoms with Crippen molar-refractivity contribution < 1.29 is 4.42 Å². The van der Waals surface area contributed by atoms with E-state index in [2.05, 4.69) is 4.37 Å². The van der Waals surface area contributed by atoms with Crippen molar-refractivity contribution >= 4 is 11.5 Å². The lowest BCUT2D eigenvalue weighted by Gasteiger charge is -1.88. The lowest BCUT2D eigenvalue weighted by Crippen LogP contribution is -1.92. The summed E-state index contributed by atoms with van der Waals surface area (Å²) in [4.78, 5) is 0. The molecule has 0 amide bonds. The van der Waals surface area contributed by atoms with Crippen LogP contribution in [0.3, 0.4) is 0 Å². The molecule has 2 heterocycles. The van der Waals surface area contributed by atoms with Gasteiger partial charge in [0.15, 0.2) is 5.76 Å². The lowest BCUT2D eigenvalue weighted by molar-refractivity contribution is 0.524. The van der Waals surface area contributed by atoms with Gasteiger partial charge < -0.3 is 10.2 Å². The second kappa shape index (κ2) is 3.08. The maximum Gasteiger partial charge on any atom is 0.153 e. The van der Waals surface area contributed by atoms with Crippen molar-refractivity contribution in [3.8, 4) is 11.5 Å². The summed E-state index contributed by atoms with van der Waals surface area (Å²) in [6.45, 7) is 0.435. The normalized spacial score (nSPS) is 10.4. The Morgan fingerprint density at radius 3 is 2.92 bits per heavy atom. The van der Waals surface area contributed by atoms with E-state index < -0.39 is 0 Å². The smallest absolute Gasteiger partial charge is 0.153 e. The summed E-state index contributed by atoms with van der Waals surface area (Å²) >= 11 is 1.41. The average molecular weight is 180 g/mol. The molecule has 0 saturated heterocycles. The number of furan rings is 1. The summed E-state index contributed by atoms with van der Waals surface area (Å²) in [5.41, 5.74) is 6.28. The third-order valence-electron chi connectivity index (χ3n) is 1.55. The standard InChI is InChI=1S/C8H8N2OS/c9-5-6-1-2-8(11-6)7-3-4-12-10-7/h1-4H,5,9H2. The van der Waals surface area contributed by atoms with Crippen LogP contribution in [0.1, 0.15) is 5.76 Å². The predicted octanol–water partition coefficient (Wildman–Crippen LogP) is 1.86. The van der Waals surface area contributed by atoms with Crippen LogP contribution in [0.15, 0.2) is 28.0 Å². The highest BCUT2D eigenvalue weighted by atomic mass is 32.1. The minimum atomic E-state index is 0.435. The Balaban J connectivity index is 2.35. The quantitative estimate of drug-likeness (QED) is 0.767.